The molecule has 0 spiro atoms. The second-order valence-corrected chi connectivity index (χ2v) is 9.04. The van der Waals surface area contributed by atoms with Gasteiger partial charge in [0, 0.05) is 25.2 Å². The molecule has 0 saturated carbocycles. The molecule has 0 aromatic carbocycles. The van der Waals surface area contributed by atoms with E-state index < -0.39 is 17.7 Å². The molecule has 0 radical (unpaired) electrons. The van der Waals surface area contributed by atoms with Gasteiger partial charge in [-0.15, -0.1) is 0 Å². The molecule has 35 heavy (non-hydrogen) atoms. The summed E-state index contributed by atoms with van der Waals surface area (Å²) in [5, 5.41) is 31.8. The number of alkyl halides is 1. The smallest absolute Gasteiger partial charge is 0.255 e. The number of nitrogens with zero attached hydrogens (tertiary/aromatic N) is 4. The number of nitrogens with one attached hydrogen (secondary N) is 3. The minimum Gasteiger partial charge on any atom is -0.387 e. The average Bonchev–Trinajstić information content (AvgIpc) is 3.45. The Morgan fingerprint density at radius 2 is 2.20 bits per heavy atom. The van der Waals surface area contributed by atoms with E-state index in [1.807, 2.05) is 12.1 Å². The molecule has 1 aliphatic rings. The van der Waals surface area contributed by atoms with E-state index in [2.05, 4.69) is 32.1 Å². The molecule has 10 nitrogen and oxygen atoms in total. The van der Waals surface area contributed by atoms with Gasteiger partial charge >= 0.3 is 0 Å². The molecule has 1 saturated heterocycles. The predicted octanol–water partition coefficient (Wildman–Crippen LogP) is 1.80. The van der Waals surface area contributed by atoms with Gasteiger partial charge in [0.2, 0.25) is 5.91 Å². The summed E-state index contributed by atoms with van der Waals surface area (Å²) in [7, 11) is 0. The van der Waals surface area contributed by atoms with Gasteiger partial charge < -0.3 is 21.1 Å². The van der Waals surface area contributed by atoms with Crippen molar-refractivity contribution in [2.45, 2.75) is 44.5 Å². The van der Waals surface area contributed by atoms with Crippen LogP contribution in [0.2, 0.25) is 0 Å². The normalized spacial score (nSPS) is 16.5. The van der Waals surface area contributed by atoms with Gasteiger partial charge in [-0.1, -0.05) is 0 Å². The summed E-state index contributed by atoms with van der Waals surface area (Å²) in [6, 6.07) is 8.99. The topological polar surface area (TPSA) is 144 Å². The first-order valence-electron chi connectivity index (χ1n) is 11.2. The molecule has 1 aliphatic heterocycles. The number of amides is 2. The van der Waals surface area contributed by atoms with E-state index in [-0.39, 0.29) is 24.1 Å². The minimum atomic E-state index is -1.65. The highest BCUT2D eigenvalue weighted by Gasteiger charge is 2.27. The summed E-state index contributed by atoms with van der Waals surface area (Å²) in [5.41, 5.74) is 1.38. The molecule has 2 atom stereocenters. The van der Waals surface area contributed by atoms with Crippen LogP contribution in [0.15, 0.2) is 36.7 Å². The van der Waals surface area contributed by atoms with Crippen LogP contribution in [-0.2, 0) is 4.79 Å². The fourth-order valence-corrected chi connectivity index (χ4v) is 3.77. The summed E-state index contributed by atoms with van der Waals surface area (Å²) in [6.45, 7) is 2.69. The van der Waals surface area contributed by atoms with Crippen molar-refractivity contribution in [2.24, 2.45) is 0 Å². The number of nitriles is 1. The number of pyridine rings is 1. The molecule has 182 valence electrons. The number of fused-ring (bicyclic) bond motifs is 1. The summed E-state index contributed by atoms with van der Waals surface area (Å²) in [4.78, 5) is 28.8. The van der Waals surface area contributed by atoms with E-state index in [1.54, 1.807) is 16.6 Å². The first-order valence-corrected chi connectivity index (χ1v) is 11.2. The number of carbonyl (C=O) groups excluding carboxylic acids is 2. The van der Waals surface area contributed by atoms with Crippen molar-refractivity contribution in [3.05, 3.63) is 47.8 Å². The van der Waals surface area contributed by atoms with Crippen molar-refractivity contribution >= 4 is 23.0 Å². The second kappa shape index (κ2) is 9.68. The summed E-state index contributed by atoms with van der Waals surface area (Å²) in [6.07, 6.45) is 2.31. The van der Waals surface area contributed by atoms with E-state index in [1.165, 1.54) is 26.2 Å². The Morgan fingerprint density at radius 1 is 1.40 bits per heavy atom. The molecule has 4 heterocycles. The maximum atomic E-state index is 14.2. The highest BCUT2D eigenvalue weighted by Crippen LogP contribution is 2.26. The number of halogens is 1. The lowest BCUT2D eigenvalue weighted by molar-refractivity contribution is -0.119. The van der Waals surface area contributed by atoms with Crippen LogP contribution in [0, 0.1) is 11.3 Å². The lowest BCUT2D eigenvalue weighted by atomic mass is 10.0. The van der Waals surface area contributed by atoms with Crippen molar-refractivity contribution < 1.29 is 19.1 Å². The molecule has 0 aliphatic carbocycles. The van der Waals surface area contributed by atoms with Crippen LogP contribution < -0.4 is 16.0 Å². The van der Waals surface area contributed by atoms with Crippen molar-refractivity contribution in [3.8, 4) is 17.5 Å². The van der Waals surface area contributed by atoms with Crippen LogP contribution in [-0.4, -0.2) is 62.4 Å². The first kappa shape index (κ1) is 24.1. The Hall–Kier alpha value is -4.04. The largest absolute Gasteiger partial charge is 0.387 e. The van der Waals surface area contributed by atoms with Crippen molar-refractivity contribution in [1.29, 1.82) is 5.26 Å². The van der Waals surface area contributed by atoms with Crippen molar-refractivity contribution in [3.63, 3.8) is 0 Å². The zero-order chi connectivity index (χ0) is 25.2. The van der Waals surface area contributed by atoms with Gasteiger partial charge in [0.1, 0.15) is 12.2 Å². The highest BCUT2D eigenvalue weighted by molar-refractivity contribution is 6.00. The average molecular weight is 480 g/mol. The maximum absolute atomic E-state index is 14.2. The monoisotopic (exact) mass is 479 g/mol. The fraction of sp³-hybridized carbons (Fsp3) is 0.375. The number of rotatable bonds is 8. The molecule has 4 N–H and O–H groups in total. The lowest BCUT2D eigenvalue weighted by Gasteiger charge is -2.23. The Bertz CT molecular complexity index is 1310. The van der Waals surface area contributed by atoms with Gasteiger partial charge in [0.15, 0.2) is 0 Å². The van der Waals surface area contributed by atoms with Crippen LogP contribution in [0.3, 0.4) is 0 Å². The lowest BCUT2D eigenvalue weighted by Crippen LogP contribution is -2.42. The molecule has 11 heteroatoms. The molecule has 4 rings (SSSR count). The molecule has 0 bridgehead atoms. The highest BCUT2D eigenvalue weighted by atomic mass is 19.1. The van der Waals surface area contributed by atoms with Gasteiger partial charge in [0.25, 0.3) is 5.91 Å². The zero-order valence-corrected chi connectivity index (χ0v) is 19.4. The zero-order valence-electron chi connectivity index (χ0n) is 19.4. The maximum Gasteiger partial charge on any atom is 0.255 e. The number of anilines is 1. The van der Waals surface area contributed by atoms with E-state index in [0.717, 1.165) is 0 Å². The third-order valence-corrected chi connectivity index (χ3v) is 5.87. The summed E-state index contributed by atoms with van der Waals surface area (Å²) < 4.78 is 15.8. The molecule has 1 fully saturated rings. The van der Waals surface area contributed by atoms with Crippen molar-refractivity contribution in [2.75, 3.05) is 18.4 Å². The number of aliphatic hydroxyl groups is 1. The summed E-state index contributed by atoms with van der Waals surface area (Å²) in [5.74, 6) is -0.570. The van der Waals surface area contributed by atoms with Crippen LogP contribution in [0.5, 0.6) is 0 Å². The number of hydrogen-bond acceptors (Lipinski definition) is 7. The predicted molar refractivity (Wildman–Crippen MR) is 126 cm³/mol. The Kier molecular flexibility index (Phi) is 6.66. The van der Waals surface area contributed by atoms with Gasteiger partial charge in [-0.3, -0.25) is 14.6 Å². The fourth-order valence-electron chi connectivity index (χ4n) is 3.77. The molecular formula is C24H26FN7O3. The van der Waals surface area contributed by atoms with Gasteiger partial charge in [-0.05, 0) is 44.5 Å². The first-order chi connectivity index (χ1) is 16.7. The van der Waals surface area contributed by atoms with E-state index in [4.69, 9.17) is 5.26 Å². The van der Waals surface area contributed by atoms with Crippen LogP contribution in [0.4, 0.5) is 10.1 Å². The van der Waals surface area contributed by atoms with Crippen LogP contribution in [0.25, 0.3) is 16.9 Å². The van der Waals surface area contributed by atoms with E-state index in [9.17, 15) is 19.1 Å². The third kappa shape index (κ3) is 5.38. The van der Waals surface area contributed by atoms with Gasteiger partial charge in [-0.2, -0.15) is 10.4 Å². The Morgan fingerprint density at radius 3 is 2.89 bits per heavy atom. The van der Waals surface area contributed by atoms with Gasteiger partial charge in [-0.25, -0.2) is 8.91 Å². The van der Waals surface area contributed by atoms with E-state index in [0.29, 0.717) is 47.5 Å². The SMILES string of the molecule is CC(C)(O)C(F)CNC(=O)c1cnc(-c2ccc3cc(C#N)cnn23)cc1NCC1CCC(=O)N1. The van der Waals surface area contributed by atoms with Crippen LogP contribution in [0.1, 0.15) is 42.6 Å². The van der Waals surface area contributed by atoms with E-state index >= 15 is 0 Å². The van der Waals surface area contributed by atoms with Crippen LogP contribution >= 0.6 is 0 Å². The Labute approximate surface area is 201 Å². The molecule has 3 aromatic heterocycles. The molecular weight excluding hydrogens is 453 g/mol. The quantitative estimate of drug-likeness (QED) is 0.386. The molecule has 2 amide bonds. The number of hydrogen-bond donors (Lipinski definition) is 4. The summed E-state index contributed by atoms with van der Waals surface area (Å²) >= 11 is 0. The third-order valence-electron chi connectivity index (χ3n) is 5.87. The van der Waals surface area contributed by atoms with Gasteiger partial charge in [0.05, 0.1) is 52.1 Å². The van der Waals surface area contributed by atoms with Crippen molar-refractivity contribution in [1.82, 2.24) is 25.2 Å². The Balaban J connectivity index is 1.63. The molecule has 3 aromatic rings. The second-order valence-electron chi connectivity index (χ2n) is 9.04. The number of aromatic nitrogens is 3. The minimum absolute atomic E-state index is 0.0201. The standard InChI is InChI=1S/C24H26FN7O3/c1-24(2,35)21(25)13-29-23(34)17-12-28-19(8-18(17)27-11-15-3-6-22(33)31-15)20-5-4-16-7-14(9-26)10-30-32(16)20/h4-5,7-8,10,12,15,21,35H,3,6,11,13H2,1-2H3,(H,27,28)(H,29,34)(H,31,33). The molecule has 2 unspecified atom stereocenters. The number of carbonyl (C=O) groups is 2.